The van der Waals surface area contributed by atoms with Crippen LogP contribution in [0.15, 0.2) is 0 Å². The lowest BCUT2D eigenvalue weighted by molar-refractivity contribution is 0.570. The van der Waals surface area contributed by atoms with Crippen molar-refractivity contribution in [1.82, 2.24) is 4.98 Å². The van der Waals surface area contributed by atoms with Gasteiger partial charge in [0.25, 0.3) is 0 Å². The summed E-state index contributed by atoms with van der Waals surface area (Å²) < 4.78 is 0. The summed E-state index contributed by atoms with van der Waals surface area (Å²) in [7, 11) is 0. The standard InChI is InChI=1S/C11H18Cl2N2S/c1-7(2)6-15(8(3)4)11-14-10(13)9(5-12)16-11/h7-8H,5-6H2,1-4H3. The maximum atomic E-state index is 6.02. The van der Waals surface area contributed by atoms with Crippen LogP contribution in [0.4, 0.5) is 5.13 Å². The third-order valence-electron chi connectivity index (χ3n) is 2.19. The maximum Gasteiger partial charge on any atom is 0.187 e. The summed E-state index contributed by atoms with van der Waals surface area (Å²) in [6.07, 6.45) is 0. The van der Waals surface area contributed by atoms with Gasteiger partial charge < -0.3 is 4.90 Å². The van der Waals surface area contributed by atoms with Crippen molar-refractivity contribution in [2.45, 2.75) is 39.6 Å². The van der Waals surface area contributed by atoms with Gasteiger partial charge in [-0.15, -0.1) is 11.6 Å². The Balaban J connectivity index is 2.92. The highest BCUT2D eigenvalue weighted by Gasteiger charge is 2.18. The van der Waals surface area contributed by atoms with Gasteiger partial charge in [0.05, 0.1) is 10.8 Å². The summed E-state index contributed by atoms with van der Waals surface area (Å²) in [5.74, 6) is 1.04. The minimum Gasteiger partial charge on any atom is -0.345 e. The maximum absolute atomic E-state index is 6.02. The second kappa shape index (κ2) is 6.08. The zero-order valence-electron chi connectivity index (χ0n) is 10.1. The molecule has 0 spiro atoms. The van der Waals surface area contributed by atoms with Gasteiger partial charge in [0.2, 0.25) is 0 Å². The van der Waals surface area contributed by atoms with Crippen molar-refractivity contribution in [3.8, 4) is 0 Å². The predicted molar refractivity (Wildman–Crippen MR) is 74.0 cm³/mol. The molecule has 0 aliphatic heterocycles. The molecular weight excluding hydrogens is 263 g/mol. The molecule has 0 fully saturated rings. The summed E-state index contributed by atoms with van der Waals surface area (Å²) in [6.45, 7) is 9.72. The average Bonchev–Trinajstić information content (AvgIpc) is 2.55. The highest BCUT2D eigenvalue weighted by Crippen LogP contribution is 2.32. The lowest BCUT2D eigenvalue weighted by atomic mass is 10.2. The van der Waals surface area contributed by atoms with Crippen LogP contribution in [0.25, 0.3) is 0 Å². The summed E-state index contributed by atoms with van der Waals surface area (Å²) >= 11 is 13.4. The monoisotopic (exact) mass is 280 g/mol. The molecule has 0 aromatic carbocycles. The Kier molecular flexibility index (Phi) is 5.35. The van der Waals surface area contributed by atoms with Gasteiger partial charge in [-0.05, 0) is 19.8 Å². The van der Waals surface area contributed by atoms with E-state index in [2.05, 4.69) is 37.6 Å². The summed E-state index contributed by atoms with van der Waals surface area (Å²) in [4.78, 5) is 7.61. The third-order valence-corrected chi connectivity index (χ3v) is 4.13. The van der Waals surface area contributed by atoms with Crippen LogP contribution in [0.2, 0.25) is 5.15 Å². The fourth-order valence-corrected chi connectivity index (χ4v) is 3.05. The Hall–Kier alpha value is 0.01000. The van der Waals surface area contributed by atoms with Crippen LogP contribution in [0.3, 0.4) is 0 Å². The number of nitrogens with zero attached hydrogens (tertiary/aromatic N) is 2. The first-order valence-electron chi connectivity index (χ1n) is 5.43. The summed E-state index contributed by atoms with van der Waals surface area (Å²) in [6, 6.07) is 0.424. The van der Waals surface area contributed by atoms with E-state index in [4.69, 9.17) is 23.2 Å². The minimum absolute atomic E-state index is 0.424. The highest BCUT2D eigenvalue weighted by molar-refractivity contribution is 7.16. The number of thiazole rings is 1. The van der Waals surface area contributed by atoms with Crippen molar-refractivity contribution in [3.05, 3.63) is 10.0 Å². The van der Waals surface area contributed by atoms with Crippen molar-refractivity contribution >= 4 is 39.7 Å². The van der Waals surface area contributed by atoms with Gasteiger partial charge in [-0.25, -0.2) is 4.98 Å². The Morgan fingerprint density at radius 1 is 1.31 bits per heavy atom. The van der Waals surface area contributed by atoms with Crippen molar-refractivity contribution in [3.63, 3.8) is 0 Å². The first kappa shape index (κ1) is 14.1. The molecule has 0 radical (unpaired) electrons. The first-order chi connectivity index (χ1) is 7.45. The van der Waals surface area contributed by atoms with Crippen LogP contribution in [-0.4, -0.2) is 17.6 Å². The quantitative estimate of drug-likeness (QED) is 0.743. The number of rotatable bonds is 5. The molecule has 0 unspecified atom stereocenters. The van der Waals surface area contributed by atoms with E-state index in [1.807, 2.05) is 0 Å². The number of halogens is 2. The zero-order chi connectivity index (χ0) is 12.3. The Morgan fingerprint density at radius 3 is 2.31 bits per heavy atom. The molecule has 0 bridgehead atoms. The number of aromatic nitrogens is 1. The highest BCUT2D eigenvalue weighted by atomic mass is 35.5. The van der Waals surface area contributed by atoms with Gasteiger partial charge in [0.15, 0.2) is 5.13 Å². The van der Waals surface area contributed by atoms with Crippen molar-refractivity contribution in [1.29, 1.82) is 0 Å². The van der Waals surface area contributed by atoms with Gasteiger partial charge in [-0.1, -0.05) is 36.8 Å². The normalized spacial score (nSPS) is 11.5. The fraction of sp³-hybridized carbons (Fsp3) is 0.727. The van der Waals surface area contributed by atoms with Crippen LogP contribution in [-0.2, 0) is 5.88 Å². The van der Waals surface area contributed by atoms with Crippen molar-refractivity contribution in [2.75, 3.05) is 11.4 Å². The van der Waals surface area contributed by atoms with Crippen LogP contribution in [0.1, 0.15) is 32.6 Å². The molecule has 1 aromatic rings. The molecule has 0 amide bonds. The van der Waals surface area contributed by atoms with Gasteiger partial charge in [0, 0.05) is 12.6 Å². The molecule has 92 valence electrons. The Bertz CT molecular complexity index is 337. The number of hydrogen-bond acceptors (Lipinski definition) is 3. The molecule has 5 heteroatoms. The van der Waals surface area contributed by atoms with Crippen molar-refractivity contribution < 1.29 is 0 Å². The Labute approximate surface area is 112 Å². The van der Waals surface area contributed by atoms with E-state index in [0.717, 1.165) is 16.6 Å². The lowest BCUT2D eigenvalue weighted by Gasteiger charge is -2.27. The van der Waals surface area contributed by atoms with Gasteiger partial charge in [0.1, 0.15) is 5.15 Å². The largest absolute Gasteiger partial charge is 0.345 e. The second-order valence-electron chi connectivity index (χ2n) is 4.48. The SMILES string of the molecule is CC(C)CN(c1nc(Cl)c(CCl)s1)C(C)C. The molecule has 0 aliphatic rings. The summed E-state index contributed by atoms with van der Waals surface area (Å²) in [5.41, 5.74) is 0. The van der Waals surface area contributed by atoms with Crippen molar-refractivity contribution in [2.24, 2.45) is 5.92 Å². The van der Waals surface area contributed by atoms with E-state index in [1.54, 1.807) is 11.3 Å². The molecule has 1 aromatic heterocycles. The third kappa shape index (κ3) is 3.51. The van der Waals surface area contributed by atoms with E-state index in [-0.39, 0.29) is 0 Å². The van der Waals surface area contributed by atoms with Crippen LogP contribution >= 0.6 is 34.5 Å². The Morgan fingerprint density at radius 2 is 1.94 bits per heavy atom. The number of hydrogen-bond donors (Lipinski definition) is 0. The molecule has 1 rings (SSSR count). The molecule has 16 heavy (non-hydrogen) atoms. The molecular formula is C11H18Cl2N2S. The van der Waals surface area contributed by atoms with Gasteiger partial charge >= 0.3 is 0 Å². The van der Waals surface area contributed by atoms with Crippen LogP contribution < -0.4 is 4.90 Å². The minimum atomic E-state index is 0.424. The smallest absolute Gasteiger partial charge is 0.187 e. The molecule has 1 heterocycles. The second-order valence-corrected chi connectivity index (χ2v) is 6.17. The number of alkyl halides is 1. The van der Waals surface area contributed by atoms with E-state index in [9.17, 15) is 0 Å². The predicted octanol–water partition coefficient (Wildman–Crippen LogP) is 4.41. The molecule has 2 nitrogen and oxygen atoms in total. The van der Waals surface area contributed by atoms with Crippen LogP contribution in [0.5, 0.6) is 0 Å². The lowest BCUT2D eigenvalue weighted by Crippen LogP contribution is -2.33. The molecule has 0 saturated heterocycles. The molecule has 0 N–H and O–H groups in total. The zero-order valence-corrected chi connectivity index (χ0v) is 12.5. The van der Waals surface area contributed by atoms with E-state index in [1.165, 1.54) is 0 Å². The molecule has 0 aliphatic carbocycles. The average molecular weight is 281 g/mol. The summed E-state index contributed by atoms with van der Waals surface area (Å²) in [5, 5.41) is 1.52. The molecule has 0 saturated carbocycles. The van der Waals surface area contributed by atoms with Gasteiger partial charge in [-0.3, -0.25) is 0 Å². The van der Waals surface area contributed by atoms with Crippen LogP contribution in [0, 0.1) is 5.92 Å². The van der Waals surface area contributed by atoms with E-state index < -0.39 is 0 Å². The number of anilines is 1. The molecule has 0 atom stereocenters. The topological polar surface area (TPSA) is 16.1 Å². The van der Waals surface area contributed by atoms with E-state index in [0.29, 0.717) is 23.0 Å². The van der Waals surface area contributed by atoms with Gasteiger partial charge in [-0.2, -0.15) is 0 Å². The van der Waals surface area contributed by atoms with E-state index >= 15 is 0 Å². The first-order valence-corrected chi connectivity index (χ1v) is 7.16. The fourth-order valence-electron chi connectivity index (χ4n) is 1.43.